The molecular formula is C15H23NO2. The minimum Gasteiger partial charge on any atom is -0.374 e. The summed E-state index contributed by atoms with van der Waals surface area (Å²) in [5.74, 6) is 0. The summed E-state index contributed by atoms with van der Waals surface area (Å²) in [6.45, 7) is 4.95. The second-order valence-electron chi connectivity index (χ2n) is 4.96. The lowest BCUT2D eigenvalue weighted by Crippen LogP contribution is -2.58. The first-order valence-electron chi connectivity index (χ1n) is 6.80. The molecule has 0 spiro atoms. The lowest BCUT2D eigenvalue weighted by atomic mass is 9.85. The van der Waals surface area contributed by atoms with Crippen LogP contribution in [0, 0.1) is 0 Å². The van der Waals surface area contributed by atoms with Crippen LogP contribution in [0.15, 0.2) is 30.3 Å². The van der Waals surface area contributed by atoms with Gasteiger partial charge in [0.2, 0.25) is 0 Å². The molecule has 4 unspecified atom stereocenters. The zero-order chi connectivity index (χ0) is 13.0. The summed E-state index contributed by atoms with van der Waals surface area (Å²) >= 11 is 0. The van der Waals surface area contributed by atoms with E-state index in [4.69, 9.17) is 15.2 Å². The van der Waals surface area contributed by atoms with Gasteiger partial charge in [-0.05, 0) is 25.3 Å². The van der Waals surface area contributed by atoms with Crippen molar-refractivity contribution in [2.75, 3.05) is 6.61 Å². The third-order valence-corrected chi connectivity index (χ3v) is 3.46. The first-order valence-corrected chi connectivity index (χ1v) is 6.80. The number of ether oxygens (including phenoxy) is 2. The summed E-state index contributed by atoms with van der Waals surface area (Å²) in [6, 6.07) is 10.4. The molecule has 100 valence electrons. The Morgan fingerprint density at radius 2 is 2.06 bits per heavy atom. The summed E-state index contributed by atoms with van der Waals surface area (Å²) in [5.41, 5.74) is 7.16. The molecule has 2 rings (SSSR count). The fourth-order valence-electron chi connectivity index (χ4n) is 2.30. The monoisotopic (exact) mass is 249 g/mol. The SMILES string of the molecule is CCCOC1C(N)CC1OC(C)c1ccccc1. The average molecular weight is 249 g/mol. The fourth-order valence-corrected chi connectivity index (χ4v) is 2.30. The Balaban J connectivity index is 1.86. The molecule has 1 aliphatic rings. The van der Waals surface area contributed by atoms with Gasteiger partial charge in [-0.2, -0.15) is 0 Å². The van der Waals surface area contributed by atoms with Gasteiger partial charge < -0.3 is 15.2 Å². The highest BCUT2D eigenvalue weighted by Crippen LogP contribution is 2.30. The maximum absolute atomic E-state index is 6.05. The van der Waals surface area contributed by atoms with Crippen molar-refractivity contribution in [3.8, 4) is 0 Å². The summed E-state index contributed by atoms with van der Waals surface area (Å²) in [4.78, 5) is 0. The van der Waals surface area contributed by atoms with Crippen LogP contribution >= 0.6 is 0 Å². The van der Waals surface area contributed by atoms with Gasteiger partial charge >= 0.3 is 0 Å². The van der Waals surface area contributed by atoms with Gasteiger partial charge in [0.1, 0.15) is 0 Å². The Kier molecular flexibility index (Phi) is 4.75. The number of hydrogen-bond acceptors (Lipinski definition) is 3. The molecule has 1 aliphatic carbocycles. The molecule has 0 radical (unpaired) electrons. The molecule has 0 amide bonds. The second-order valence-corrected chi connectivity index (χ2v) is 4.96. The number of rotatable bonds is 6. The van der Waals surface area contributed by atoms with Gasteiger partial charge in [0.15, 0.2) is 0 Å². The molecule has 18 heavy (non-hydrogen) atoms. The Hall–Kier alpha value is -0.900. The predicted octanol–water partition coefficient (Wildman–Crippen LogP) is 2.66. The van der Waals surface area contributed by atoms with Crippen LogP contribution in [0.5, 0.6) is 0 Å². The van der Waals surface area contributed by atoms with E-state index in [1.807, 2.05) is 18.2 Å². The van der Waals surface area contributed by atoms with Crippen LogP contribution in [0.4, 0.5) is 0 Å². The van der Waals surface area contributed by atoms with Gasteiger partial charge in [0.25, 0.3) is 0 Å². The Morgan fingerprint density at radius 3 is 2.67 bits per heavy atom. The first kappa shape index (κ1) is 13.5. The van der Waals surface area contributed by atoms with Crippen molar-refractivity contribution in [1.29, 1.82) is 0 Å². The fraction of sp³-hybridized carbons (Fsp3) is 0.600. The Bertz CT molecular complexity index is 355. The van der Waals surface area contributed by atoms with E-state index in [1.54, 1.807) is 0 Å². The van der Waals surface area contributed by atoms with Crippen molar-refractivity contribution >= 4 is 0 Å². The highest BCUT2D eigenvalue weighted by Gasteiger charge is 2.41. The maximum Gasteiger partial charge on any atom is 0.0988 e. The predicted molar refractivity (Wildman–Crippen MR) is 72.4 cm³/mol. The van der Waals surface area contributed by atoms with E-state index in [2.05, 4.69) is 26.0 Å². The van der Waals surface area contributed by atoms with Gasteiger partial charge in [-0.1, -0.05) is 37.3 Å². The topological polar surface area (TPSA) is 44.5 Å². The largest absolute Gasteiger partial charge is 0.374 e. The minimum absolute atomic E-state index is 0.0658. The van der Waals surface area contributed by atoms with E-state index in [0.29, 0.717) is 0 Å². The molecule has 1 aromatic carbocycles. The van der Waals surface area contributed by atoms with Crippen molar-refractivity contribution in [3.63, 3.8) is 0 Å². The van der Waals surface area contributed by atoms with E-state index in [1.165, 1.54) is 5.56 Å². The minimum atomic E-state index is 0.0658. The maximum atomic E-state index is 6.05. The molecule has 4 atom stereocenters. The summed E-state index contributed by atoms with van der Waals surface area (Å²) < 4.78 is 11.8. The van der Waals surface area contributed by atoms with Gasteiger partial charge in [-0.15, -0.1) is 0 Å². The van der Waals surface area contributed by atoms with Gasteiger partial charge in [0, 0.05) is 12.6 Å². The highest BCUT2D eigenvalue weighted by molar-refractivity contribution is 5.17. The smallest absolute Gasteiger partial charge is 0.0988 e. The molecule has 0 heterocycles. The molecular weight excluding hydrogens is 226 g/mol. The van der Waals surface area contributed by atoms with Crippen LogP contribution in [0.3, 0.4) is 0 Å². The van der Waals surface area contributed by atoms with E-state index in [9.17, 15) is 0 Å². The number of benzene rings is 1. The lowest BCUT2D eigenvalue weighted by Gasteiger charge is -2.43. The third-order valence-electron chi connectivity index (χ3n) is 3.46. The zero-order valence-corrected chi connectivity index (χ0v) is 11.2. The van der Waals surface area contributed by atoms with Crippen LogP contribution < -0.4 is 5.73 Å². The van der Waals surface area contributed by atoms with Gasteiger partial charge in [0.05, 0.1) is 18.3 Å². The Labute approximate surface area is 109 Å². The van der Waals surface area contributed by atoms with Crippen LogP contribution in [-0.2, 0) is 9.47 Å². The molecule has 0 aliphatic heterocycles. The van der Waals surface area contributed by atoms with Crippen molar-refractivity contribution in [2.24, 2.45) is 5.73 Å². The zero-order valence-electron chi connectivity index (χ0n) is 11.2. The lowest BCUT2D eigenvalue weighted by molar-refractivity contribution is -0.159. The van der Waals surface area contributed by atoms with Crippen molar-refractivity contribution in [1.82, 2.24) is 0 Å². The highest BCUT2D eigenvalue weighted by atomic mass is 16.6. The van der Waals surface area contributed by atoms with E-state index < -0.39 is 0 Å². The molecule has 1 saturated carbocycles. The standard InChI is InChI=1S/C15H23NO2/c1-3-9-17-15-13(16)10-14(15)18-11(2)12-7-5-4-6-8-12/h4-8,11,13-15H,3,9-10,16H2,1-2H3. The van der Waals surface area contributed by atoms with Crippen LogP contribution in [0.25, 0.3) is 0 Å². The van der Waals surface area contributed by atoms with Crippen LogP contribution in [0.2, 0.25) is 0 Å². The van der Waals surface area contributed by atoms with Crippen molar-refractivity contribution in [2.45, 2.75) is 51.0 Å². The summed E-state index contributed by atoms with van der Waals surface area (Å²) in [7, 11) is 0. The molecule has 3 nitrogen and oxygen atoms in total. The molecule has 3 heteroatoms. The Morgan fingerprint density at radius 1 is 1.33 bits per heavy atom. The third kappa shape index (κ3) is 3.10. The van der Waals surface area contributed by atoms with Gasteiger partial charge in [-0.3, -0.25) is 0 Å². The summed E-state index contributed by atoms with van der Waals surface area (Å²) in [6.07, 6.45) is 2.21. The molecule has 1 aromatic rings. The molecule has 0 aromatic heterocycles. The number of nitrogens with two attached hydrogens (primary N) is 1. The van der Waals surface area contributed by atoms with Gasteiger partial charge in [-0.25, -0.2) is 0 Å². The second kappa shape index (κ2) is 6.32. The van der Waals surface area contributed by atoms with Crippen LogP contribution in [0.1, 0.15) is 38.4 Å². The average Bonchev–Trinajstić information content (AvgIpc) is 2.39. The normalized spacial score (nSPS) is 28.7. The first-order chi connectivity index (χ1) is 8.72. The molecule has 2 N–H and O–H groups in total. The number of hydrogen-bond donors (Lipinski definition) is 1. The molecule has 0 saturated heterocycles. The van der Waals surface area contributed by atoms with Crippen molar-refractivity contribution in [3.05, 3.63) is 35.9 Å². The summed E-state index contributed by atoms with van der Waals surface area (Å²) in [5, 5.41) is 0. The van der Waals surface area contributed by atoms with E-state index in [-0.39, 0.29) is 24.4 Å². The quantitative estimate of drug-likeness (QED) is 0.843. The molecule has 0 bridgehead atoms. The molecule has 1 fully saturated rings. The van der Waals surface area contributed by atoms with Crippen LogP contribution in [-0.4, -0.2) is 24.9 Å². The van der Waals surface area contributed by atoms with E-state index >= 15 is 0 Å². The van der Waals surface area contributed by atoms with E-state index in [0.717, 1.165) is 19.4 Å². The van der Waals surface area contributed by atoms with Crippen molar-refractivity contribution < 1.29 is 9.47 Å².